The molecule has 4 aromatic rings. The molecule has 0 radical (unpaired) electrons. The molecule has 0 saturated carbocycles. The van der Waals surface area contributed by atoms with E-state index in [1.165, 1.54) is 22.3 Å². The van der Waals surface area contributed by atoms with Gasteiger partial charge in [0.05, 0.1) is 5.39 Å². The molecule has 1 aromatic heterocycles. The molecule has 7 heteroatoms. The summed E-state index contributed by atoms with van der Waals surface area (Å²) < 4.78 is 12.1. The van der Waals surface area contributed by atoms with Crippen molar-refractivity contribution in [3.05, 3.63) is 99.2 Å². The van der Waals surface area contributed by atoms with Crippen LogP contribution in [-0.2, 0) is 11.2 Å². The molecular formula is C31H29BrN2O4. The van der Waals surface area contributed by atoms with E-state index in [4.69, 9.17) is 9.15 Å². The normalized spacial score (nSPS) is 15.0. The van der Waals surface area contributed by atoms with Crippen LogP contribution in [0.3, 0.4) is 0 Å². The maximum absolute atomic E-state index is 13.0. The van der Waals surface area contributed by atoms with Gasteiger partial charge in [0.25, 0.3) is 0 Å². The van der Waals surface area contributed by atoms with Crippen molar-refractivity contribution in [1.29, 1.82) is 0 Å². The maximum Gasteiger partial charge on any atom is 0.409 e. The number of hydrogen-bond acceptors (Lipinski definition) is 5. The SMILES string of the molecule is Cc1cc(CCBr)c2oc(N3CCN(C(=O)OCC4c5ccccc5-c5ccccc54)CC3)cc(=O)c2c1. The number of nitrogens with zero attached hydrogens (tertiary/aromatic N) is 2. The van der Waals surface area contributed by atoms with Crippen molar-refractivity contribution in [2.75, 3.05) is 43.0 Å². The summed E-state index contributed by atoms with van der Waals surface area (Å²) >= 11 is 3.50. The van der Waals surface area contributed by atoms with Crippen molar-refractivity contribution in [3.8, 4) is 11.1 Å². The Morgan fingerprint density at radius 1 is 0.974 bits per heavy atom. The van der Waals surface area contributed by atoms with E-state index in [9.17, 15) is 9.59 Å². The Labute approximate surface area is 229 Å². The Balaban J connectivity index is 1.13. The van der Waals surface area contributed by atoms with E-state index in [0.717, 1.165) is 22.9 Å². The van der Waals surface area contributed by atoms with E-state index >= 15 is 0 Å². The highest BCUT2D eigenvalue weighted by atomic mass is 79.9. The third kappa shape index (κ3) is 4.49. The number of carbonyl (C=O) groups is 1. The number of ether oxygens (including phenoxy) is 1. The Hall–Kier alpha value is -3.58. The number of rotatable bonds is 5. The van der Waals surface area contributed by atoms with Crippen molar-refractivity contribution in [2.45, 2.75) is 19.3 Å². The van der Waals surface area contributed by atoms with Gasteiger partial charge in [0.2, 0.25) is 0 Å². The number of amides is 1. The molecule has 6 rings (SSSR count). The lowest BCUT2D eigenvalue weighted by atomic mass is 9.98. The van der Waals surface area contributed by atoms with Crippen LogP contribution in [0.25, 0.3) is 22.1 Å². The molecule has 0 atom stereocenters. The summed E-state index contributed by atoms with van der Waals surface area (Å²) in [4.78, 5) is 29.7. The summed E-state index contributed by atoms with van der Waals surface area (Å²) in [6, 6.07) is 22.2. The minimum Gasteiger partial charge on any atom is -0.448 e. The fraction of sp³-hybridized carbons (Fsp3) is 0.290. The van der Waals surface area contributed by atoms with E-state index in [0.29, 0.717) is 49.6 Å². The van der Waals surface area contributed by atoms with Gasteiger partial charge in [-0.15, -0.1) is 0 Å². The molecule has 2 heterocycles. The average Bonchev–Trinajstić information content (AvgIpc) is 3.26. The van der Waals surface area contributed by atoms with Crippen LogP contribution in [0, 0.1) is 6.92 Å². The molecule has 0 spiro atoms. The zero-order valence-corrected chi connectivity index (χ0v) is 22.9. The van der Waals surface area contributed by atoms with Crippen molar-refractivity contribution in [3.63, 3.8) is 0 Å². The molecule has 1 amide bonds. The first kappa shape index (κ1) is 24.7. The van der Waals surface area contributed by atoms with E-state index in [1.807, 2.05) is 42.2 Å². The molecule has 194 valence electrons. The van der Waals surface area contributed by atoms with E-state index < -0.39 is 0 Å². The first-order chi connectivity index (χ1) is 18.5. The summed E-state index contributed by atoms with van der Waals surface area (Å²) in [6.45, 7) is 4.44. The lowest BCUT2D eigenvalue weighted by Crippen LogP contribution is -2.49. The van der Waals surface area contributed by atoms with Gasteiger partial charge in [-0.2, -0.15) is 0 Å². The second-order valence-corrected chi connectivity index (χ2v) is 10.8. The van der Waals surface area contributed by atoms with Crippen LogP contribution in [0.1, 0.15) is 28.2 Å². The number of anilines is 1. The number of aryl methyl sites for hydroxylation is 2. The summed E-state index contributed by atoms with van der Waals surface area (Å²) in [5.74, 6) is 0.589. The third-order valence-corrected chi connectivity index (χ3v) is 7.98. The van der Waals surface area contributed by atoms with Crippen LogP contribution in [0.2, 0.25) is 0 Å². The molecule has 6 nitrogen and oxygen atoms in total. The number of alkyl halides is 1. The molecule has 1 saturated heterocycles. The number of fused-ring (bicyclic) bond motifs is 4. The van der Waals surface area contributed by atoms with Crippen LogP contribution in [-0.4, -0.2) is 49.1 Å². The summed E-state index contributed by atoms with van der Waals surface area (Å²) in [7, 11) is 0. The van der Waals surface area contributed by atoms with Crippen molar-refractivity contribution < 1.29 is 13.9 Å². The second kappa shape index (κ2) is 10.3. The summed E-state index contributed by atoms with van der Waals surface area (Å²) in [6.07, 6.45) is 0.474. The minimum atomic E-state index is -0.304. The van der Waals surface area contributed by atoms with Crippen LogP contribution < -0.4 is 10.3 Å². The molecule has 0 unspecified atom stereocenters. The standard InChI is InChI=1S/C31H29BrN2O4/c1-20-16-21(10-11-32)30-26(17-20)28(35)18-29(38-30)33-12-14-34(15-13-33)31(36)37-19-27-24-8-4-2-6-22(24)23-7-3-5-9-25(23)27/h2-9,16-18,27H,10-15,19H2,1H3. The third-order valence-electron chi connectivity index (χ3n) is 7.59. The smallest absolute Gasteiger partial charge is 0.409 e. The van der Waals surface area contributed by atoms with Crippen LogP contribution in [0.15, 0.2) is 75.9 Å². The predicted octanol–water partition coefficient (Wildman–Crippen LogP) is 6.11. The average molecular weight is 573 g/mol. The Kier molecular flexibility index (Phi) is 6.70. The molecule has 1 aliphatic carbocycles. The number of benzene rings is 3. The monoisotopic (exact) mass is 572 g/mol. The molecule has 0 N–H and O–H groups in total. The fourth-order valence-corrected chi connectivity index (χ4v) is 6.14. The van der Waals surface area contributed by atoms with Crippen molar-refractivity contribution in [2.24, 2.45) is 0 Å². The molecule has 2 aliphatic rings. The zero-order valence-electron chi connectivity index (χ0n) is 21.3. The Bertz CT molecular complexity index is 1530. The largest absolute Gasteiger partial charge is 0.448 e. The van der Waals surface area contributed by atoms with Gasteiger partial charge >= 0.3 is 6.09 Å². The molecule has 1 fully saturated rings. The molecule has 0 bridgehead atoms. The number of halogens is 1. The van der Waals surface area contributed by atoms with E-state index in [2.05, 4.69) is 46.3 Å². The van der Waals surface area contributed by atoms with Gasteiger partial charge in [-0.1, -0.05) is 70.5 Å². The van der Waals surface area contributed by atoms with Crippen LogP contribution in [0.5, 0.6) is 0 Å². The van der Waals surface area contributed by atoms with Gasteiger partial charge in [-0.05, 0) is 52.8 Å². The highest BCUT2D eigenvalue weighted by Crippen LogP contribution is 2.44. The van der Waals surface area contributed by atoms with Crippen LogP contribution >= 0.6 is 15.9 Å². The van der Waals surface area contributed by atoms with E-state index in [1.54, 1.807) is 11.0 Å². The highest BCUT2D eigenvalue weighted by molar-refractivity contribution is 9.09. The number of carbonyl (C=O) groups excluding carboxylic acids is 1. The van der Waals surface area contributed by atoms with Gasteiger partial charge in [-0.25, -0.2) is 4.79 Å². The van der Waals surface area contributed by atoms with Gasteiger partial charge < -0.3 is 19.0 Å². The lowest BCUT2D eigenvalue weighted by molar-refractivity contribution is 0.0973. The second-order valence-electron chi connectivity index (χ2n) is 9.97. The van der Waals surface area contributed by atoms with Crippen molar-refractivity contribution >= 4 is 38.9 Å². The number of hydrogen-bond donors (Lipinski definition) is 0. The Morgan fingerprint density at radius 3 is 2.29 bits per heavy atom. The predicted molar refractivity (Wildman–Crippen MR) is 154 cm³/mol. The Morgan fingerprint density at radius 2 is 1.63 bits per heavy atom. The van der Waals surface area contributed by atoms with Crippen molar-refractivity contribution in [1.82, 2.24) is 4.90 Å². The summed E-state index contributed by atoms with van der Waals surface area (Å²) in [5.41, 5.74) is 7.50. The fourth-order valence-electron chi connectivity index (χ4n) is 5.71. The van der Waals surface area contributed by atoms with Gasteiger partial charge in [-0.3, -0.25) is 4.79 Å². The molecular weight excluding hydrogens is 544 g/mol. The van der Waals surface area contributed by atoms with Gasteiger partial charge in [0.1, 0.15) is 12.2 Å². The molecule has 3 aromatic carbocycles. The topological polar surface area (TPSA) is 63.0 Å². The maximum atomic E-state index is 13.0. The summed E-state index contributed by atoms with van der Waals surface area (Å²) in [5, 5.41) is 1.40. The zero-order chi connectivity index (χ0) is 26.2. The first-order valence-electron chi connectivity index (χ1n) is 13.0. The van der Waals surface area contributed by atoms with Gasteiger partial charge in [0.15, 0.2) is 11.3 Å². The minimum absolute atomic E-state index is 0.0388. The van der Waals surface area contributed by atoms with Gasteiger partial charge in [0, 0.05) is 43.5 Å². The quantitative estimate of drug-likeness (QED) is 0.270. The van der Waals surface area contributed by atoms with E-state index in [-0.39, 0.29) is 17.4 Å². The molecule has 38 heavy (non-hydrogen) atoms. The van der Waals surface area contributed by atoms with Crippen LogP contribution in [0.4, 0.5) is 10.7 Å². The number of piperazine rings is 1. The molecule has 1 aliphatic heterocycles. The highest BCUT2D eigenvalue weighted by Gasteiger charge is 2.30. The lowest BCUT2D eigenvalue weighted by Gasteiger charge is -2.34. The first-order valence-corrected chi connectivity index (χ1v) is 14.1.